The molecule has 1 atom stereocenters. The summed E-state index contributed by atoms with van der Waals surface area (Å²) in [6, 6.07) is 11.8. The number of hydrogen-bond acceptors (Lipinski definition) is 4. The van der Waals surface area contributed by atoms with Crippen LogP contribution in [0.3, 0.4) is 0 Å². The van der Waals surface area contributed by atoms with Gasteiger partial charge in [0.1, 0.15) is 11.8 Å². The molecule has 0 unspecified atom stereocenters. The van der Waals surface area contributed by atoms with Crippen LogP contribution in [0.2, 0.25) is 5.02 Å². The minimum absolute atomic E-state index is 0.366. The average molecular weight is 439 g/mol. The Morgan fingerprint density at radius 1 is 1.24 bits per heavy atom. The first-order valence-electron chi connectivity index (χ1n) is 9.30. The number of carbonyl (C=O) groups excluding carboxylic acids is 1. The molecule has 2 aromatic carbocycles. The van der Waals surface area contributed by atoms with Crippen molar-refractivity contribution in [2.45, 2.75) is 32.7 Å². The smallest absolute Gasteiger partial charge is 0.243 e. The van der Waals surface area contributed by atoms with Gasteiger partial charge in [0.2, 0.25) is 15.9 Å². The van der Waals surface area contributed by atoms with Gasteiger partial charge >= 0.3 is 0 Å². The van der Waals surface area contributed by atoms with E-state index in [1.807, 2.05) is 24.3 Å². The highest BCUT2D eigenvalue weighted by atomic mass is 35.5. The molecule has 0 spiro atoms. The number of benzene rings is 2. The summed E-state index contributed by atoms with van der Waals surface area (Å²) < 4.78 is 31.3. The lowest BCUT2D eigenvalue weighted by Crippen LogP contribution is -2.48. The molecule has 2 rings (SSSR count). The van der Waals surface area contributed by atoms with Gasteiger partial charge in [-0.15, -0.1) is 0 Å². The van der Waals surface area contributed by atoms with Crippen LogP contribution < -0.4 is 14.4 Å². The van der Waals surface area contributed by atoms with Gasteiger partial charge in [-0.05, 0) is 56.0 Å². The molecule has 1 N–H and O–H groups in total. The van der Waals surface area contributed by atoms with E-state index in [1.54, 1.807) is 39.2 Å². The Morgan fingerprint density at radius 3 is 2.59 bits per heavy atom. The molecule has 0 saturated heterocycles. The van der Waals surface area contributed by atoms with Crippen LogP contribution in [0.5, 0.6) is 5.75 Å². The summed E-state index contributed by atoms with van der Waals surface area (Å²) in [5, 5.41) is 3.23. The fraction of sp³-hybridized carbons (Fsp3) is 0.381. The predicted octanol–water partition coefficient (Wildman–Crippen LogP) is 3.56. The van der Waals surface area contributed by atoms with E-state index < -0.39 is 16.1 Å². The summed E-state index contributed by atoms with van der Waals surface area (Å²) >= 11 is 6.05. The Labute approximate surface area is 177 Å². The van der Waals surface area contributed by atoms with Crippen LogP contribution in [0.15, 0.2) is 42.5 Å². The number of methoxy groups -OCH3 is 1. The summed E-state index contributed by atoms with van der Waals surface area (Å²) in [6.45, 7) is 3.77. The lowest BCUT2D eigenvalue weighted by molar-refractivity contribution is -0.121. The van der Waals surface area contributed by atoms with Crippen molar-refractivity contribution in [1.82, 2.24) is 5.32 Å². The zero-order valence-electron chi connectivity index (χ0n) is 17.1. The van der Waals surface area contributed by atoms with Crippen molar-refractivity contribution in [3.05, 3.63) is 58.6 Å². The first kappa shape index (κ1) is 23.0. The van der Waals surface area contributed by atoms with Crippen molar-refractivity contribution in [3.8, 4) is 5.75 Å². The number of nitrogens with one attached hydrogen (secondary N) is 1. The van der Waals surface area contributed by atoms with Crippen LogP contribution in [-0.4, -0.2) is 40.3 Å². The van der Waals surface area contributed by atoms with Crippen molar-refractivity contribution in [3.63, 3.8) is 0 Å². The Morgan fingerprint density at radius 2 is 1.93 bits per heavy atom. The van der Waals surface area contributed by atoms with Crippen molar-refractivity contribution in [1.29, 1.82) is 0 Å². The van der Waals surface area contributed by atoms with Gasteiger partial charge in [0.25, 0.3) is 0 Å². The number of nitrogens with zero attached hydrogens (tertiary/aromatic N) is 1. The Hall–Kier alpha value is -2.25. The number of amides is 1. The van der Waals surface area contributed by atoms with Gasteiger partial charge in [0, 0.05) is 11.6 Å². The van der Waals surface area contributed by atoms with E-state index in [2.05, 4.69) is 5.32 Å². The molecular weight excluding hydrogens is 412 g/mol. The second kappa shape index (κ2) is 9.98. The third kappa shape index (κ3) is 6.11. The topological polar surface area (TPSA) is 75.7 Å². The van der Waals surface area contributed by atoms with Gasteiger partial charge < -0.3 is 10.1 Å². The molecule has 0 aliphatic carbocycles. The maximum atomic E-state index is 12.7. The fourth-order valence-electron chi connectivity index (χ4n) is 3.15. The first-order valence-corrected chi connectivity index (χ1v) is 11.5. The highest BCUT2D eigenvalue weighted by Gasteiger charge is 2.30. The number of carbonyl (C=O) groups is 1. The summed E-state index contributed by atoms with van der Waals surface area (Å²) in [5.74, 6) is 0.446. The first-order chi connectivity index (χ1) is 13.6. The highest BCUT2D eigenvalue weighted by molar-refractivity contribution is 7.92. The number of para-hydroxylation sites is 1. The molecule has 0 aromatic heterocycles. The van der Waals surface area contributed by atoms with Crippen LogP contribution in [0.1, 0.15) is 24.5 Å². The van der Waals surface area contributed by atoms with Gasteiger partial charge in [0.05, 0.1) is 19.1 Å². The lowest BCUT2D eigenvalue weighted by Gasteiger charge is -2.29. The van der Waals surface area contributed by atoms with E-state index in [1.165, 1.54) is 0 Å². The van der Waals surface area contributed by atoms with Crippen molar-refractivity contribution in [2.75, 3.05) is 24.2 Å². The normalized spacial score (nSPS) is 12.3. The molecular formula is C21H27ClN2O4S. The highest BCUT2D eigenvalue weighted by Crippen LogP contribution is 2.28. The van der Waals surface area contributed by atoms with Crippen molar-refractivity contribution >= 4 is 33.2 Å². The van der Waals surface area contributed by atoms with Gasteiger partial charge in [-0.2, -0.15) is 0 Å². The number of anilines is 1. The summed E-state index contributed by atoms with van der Waals surface area (Å²) in [6.07, 6.45) is 2.52. The fourth-order valence-corrected chi connectivity index (χ4v) is 4.54. The molecule has 2 aromatic rings. The lowest BCUT2D eigenvalue weighted by atomic mass is 10.1. The SMILES string of the molecule is COc1ccccc1CCCNC(=O)[C@H](C)N(c1cc(Cl)ccc1C)S(C)(=O)=O. The maximum absolute atomic E-state index is 12.7. The van der Waals surface area contributed by atoms with E-state index in [0.717, 1.165) is 33.9 Å². The molecule has 1 amide bonds. The minimum Gasteiger partial charge on any atom is -0.496 e. The predicted molar refractivity (Wildman–Crippen MR) is 117 cm³/mol. The maximum Gasteiger partial charge on any atom is 0.243 e. The summed E-state index contributed by atoms with van der Waals surface area (Å²) in [4.78, 5) is 12.7. The Bertz CT molecular complexity index is 963. The molecule has 0 saturated carbocycles. The van der Waals surface area contributed by atoms with Crippen LogP contribution >= 0.6 is 11.6 Å². The van der Waals surface area contributed by atoms with Gasteiger partial charge in [-0.3, -0.25) is 9.10 Å². The van der Waals surface area contributed by atoms with Crippen molar-refractivity contribution < 1.29 is 17.9 Å². The Balaban J connectivity index is 2.05. The number of aryl methyl sites for hydroxylation is 2. The zero-order chi connectivity index (χ0) is 21.6. The molecule has 0 fully saturated rings. The van der Waals surface area contributed by atoms with Crippen LogP contribution in [-0.2, 0) is 21.2 Å². The second-order valence-electron chi connectivity index (χ2n) is 6.87. The van der Waals surface area contributed by atoms with Crippen LogP contribution in [0.25, 0.3) is 0 Å². The monoisotopic (exact) mass is 438 g/mol. The molecule has 29 heavy (non-hydrogen) atoms. The van der Waals surface area contributed by atoms with E-state index >= 15 is 0 Å². The van der Waals surface area contributed by atoms with E-state index in [9.17, 15) is 13.2 Å². The second-order valence-corrected chi connectivity index (χ2v) is 9.17. The van der Waals surface area contributed by atoms with E-state index in [0.29, 0.717) is 23.7 Å². The van der Waals surface area contributed by atoms with Gasteiger partial charge in [-0.1, -0.05) is 35.9 Å². The van der Waals surface area contributed by atoms with Gasteiger partial charge in [0.15, 0.2) is 0 Å². The molecule has 8 heteroatoms. The number of rotatable bonds is 9. The number of halogens is 1. The molecule has 6 nitrogen and oxygen atoms in total. The summed E-state index contributed by atoms with van der Waals surface area (Å²) in [7, 11) is -2.06. The van der Waals surface area contributed by atoms with Crippen molar-refractivity contribution in [2.24, 2.45) is 0 Å². The van der Waals surface area contributed by atoms with E-state index in [-0.39, 0.29) is 5.91 Å². The van der Waals surface area contributed by atoms with Gasteiger partial charge in [-0.25, -0.2) is 8.42 Å². The van der Waals surface area contributed by atoms with Crippen LogP contribution in [0, 0.1) is 6.92 Å². The number of ether oxygens (including phenoxy) is 1. The average Bonchev–Trinajstić information content (AvgIpc) is 2.67. The molecule has 158 valence electrons. The molecule has 0 aliphatic rings. The zero-order valence-corrected chi connectivity index (χ0v) is 18.7. The summed E-state index contributed by atoms with van der Waals surface area (Å²) in [5.41, 5.74) is 2.18. The third-order valence-electron chi connectivity index (χ3n) is 4.61. The quantitative estimate of drug-likeness (QED) is 0.607. The molecule has 0 radical (unpaired) electrons. The number of hydrogen-bond donors (Lipinski definition) is 1. The van der Waals surface area contributed by atoms with E-state index in [4.69, 9.17) is 16.3 Å². The minimum atomic E-state index is -3.69. The van der Waals surface area contributed by atoms with Crippen LogP contribution in [0.4, 0.5) is 5.69 Å². The number of sulfonamides is 1. The standard InChI is InChI=1S/C21H27ClN2O4S/c1-15-11-12-18(22)14-19(15)24(29(4,26)27)16(2)21(25)23-13-7-9-17-8-5-6-10-20(17)28-3/h5-6,8,10-12,14,16H,7,9,13H2,1-4H3,(H,23,25)/t16-/m0/s1. The Kier molecular flexibility index (Phi) is 7.93. The molecule has 0 aliphatic heterocycles. The third-order valence-corrected chi connectivity index (χ3v) is 6.07. The largest absolute Gasteiger partial charge is 0.496 e. The molecule has 0 bridgehead atoms. The molecule has 0 heterocycles.